The number of ether oxygens (including phenoxy) is 2. The summed E-state index contributed by atoms with van der Waals surface area (Å²) < 4.78 is 10.3. The molecular weight excluding hydrogens is 301 g/mol. The van der Waals surface area contributed by atoms with Crippen molar-refractivity contribution in [3.8, 4) is 11.5 Å². The van der Waals surface area contributed by atoms with E-state index in [-0.39, 0.29) is 16.5 Å². The average molecular weight is 320 g/mol. The van der Waals surface area contributed by atoms with Gasteiger partial charge in [-0.2, -0.15) is 0 Å². The zero-order valence-corrected chi connectivity index (χ0v) is 13.7. The van der Waals surface area contributed by atoms with Crippen LogP contribution in [-0.4, -0.2) is 25.7 Å². The minimum atomic E-state index is -0.901. The molecule has 0 spiro atoms. The Morgan fingerprint density at radius 3 is 2.30 bits per heavy atom. The molecule has 1 aromatic carbocycles. The molecule has 1 atom stereocenters. The molecule has 0 aromatic heterocycles. The zero-order chi connectivity index (χ0) is 15.5. The highest BCUT2D eigenvalue weighted by Gasteiger charge is 2.26. The summed E-state index contributed by atoms with van der Waals surface area (Å²) in [5, 5.41) is 2.18. The molecule has 0 aliphatic carbocycles. The quantitative estimate of drug-likeness (QED) is 0.863. The Labute approximate surface area is 129 Å². The van der Waals surface area contributed by atoms with Gasteiger partial charge in [0.15, 0.2) is 11.5 Å². The third-order valence-corrected chi connectivity index (χ3v) is 3.34. The number of hydrogen-bond donors (Lipinski definition) is 1. The van der Waals surface area contributed by atoms with Crippen molar-refractivity contribution >= 4 is 29.1 Å². The van der Waals surface area contributed by atoms with Gasteiger partial charge in [-0.05, 0) is 26.8 Å². The van der Waals surface area contributed by atoms with E-state index in [1.54, 1.807) is 12.1 Å². The Morgan fingerprint density at radius 1 is 1.25 bits per heavy atom. The first kappa shape index (κ1) is 16.9. The minimum Gasteiger partial charge on any atom is -0.493 e. The molecule has 1 unspecified atom stereocenters. The van der Waals surface area contributed by atoms with Gasteiger partial charge < -0.3 is 14.8 Å². The van der Waals surface area contributed by atoms with Crippen molar-refractivity contribution in [3.63, 3.8) is 0 Å². The Hall–Kier alpha value is -1.13. The lowest BCUT2D eigenvalue weighted by Gasteiger charge is -2.23. The Kier molecular flexibility index (Phi) is 5.54. The van der Waals surface area contributed by atoms with Crippen LogP contribution in [0.3, 0.4) is 0 Å². The standard InChI is InChI=1S/C14H19Cl2NO3/c1-14(2,3)17-13(18)11(16)8-6-7-9(19-4)12(20-5)10(8)15/h6-7,11H,1-5H3,(H,17,18). The smallest absolute Gasteiger partial charge is 0.243 e. The second-order valence-electron chi connectivity index (χ2n) is 5.31. The van der Waals surface area contributed by atoms with E-state index in [1.165, 1.54) is 14.2 Å². The summed E-state index contributed by atoms with van der Waals surface area (Å²) in [4.78, 5) is 12.1. The molecule has 1 N–H and O–H groups in total. The first-order chi connectivity index (χ1) is 9.21. The van der Waals surface area contributed by atoms with Crippen molar-refractivity contribution in [2.45, 2.75) is 31.7 Å². The van der Waals surface area contributed by atoms with Gasteiger partial charge >= 0.3 is 0 Å². The van der Waals surface area contributed by atoms with Crippen LogP contribution in [0, 0.1) is 0 Å². The maximum absolute atomic E-state index is 12.1. The van der Waals surface area contributed by atoms with Gasteiger partial charge in [0.2, 0.25) is 5.91 Å². The summed E-state index contributed by atoms with van der Waals surface area (Å²) in [6, 6.07) is 3.32. The lowest BCUT2D eigenvalue weighted by atomic mass is 10.1. The predicted octanol–water partition coefficient (Wildman–Crippen LogP) is 3.55. The average Bonchev–Trinajstić information content (AvgIpc) is 2.35. The van der Waals surface area contributed by atoms with E-state index in [4.69, 9.17) is 32.7 Å². The number of amides is 1. The molecular formula is C14H19Cl2NO3. The van der Waals surface area contributed by atoms with Crippen LogP contribution in [0.4, 0.5) is 0 Å². The molecule has 6 heteroatoms. The summed E-state index contributed by atoms with van der Waals surface area (Å²) in [5.74, 6) is 0.538. The number of halogens is 2. The number of benzene rings is 1. The predicted molar refractivity (Wildman–Crippen MR) is 81.0 cm³/mol. The Balaban J connectivity index is 3.11. The maximum Gasteiger partial charge on any atom is 0.243 e. The third-order valence-electron chi connectivity index (χ3n) is 2.52. The van der Waals surface area contributed by atoms with Gasteiger partial charge in [0, 0.05) is 11.1 Å². The number of nitrogens with one attached hydrogen (secondary N) is 1. The molecule has 0 heterocycles. The fourth-order valence-electron chi connectivity index (χ4n) is 1.67. The molecule has 0 fully saturated rings. The zero-order valence-electron chi connectivity index (χ0n) is 12.2. The van der Waals surface area contributed by atoms with E-state index in [0.29, 0.717) is 17.1 Å². The maximum atomic E-state index is 12.1. The van der Waals surface area contributed by atoms with E-state index in [0.717, 1.165) is 0 Å². The van der Waals surface area contributed by atoms with Crippen LogP contribution in [0.15, 0.2) is 12.1 Å². The first-order valence-electron chi connectivity index (χ1n) is 6.07. The molecule has 4 nitrogen and oxygen atoms in total. The van der Waals surface area contributed by atoms with E-state index in [9.17, 15) is 4.79 Å². The minimum absolute atomic E-state index is 0.274. The van der Waals surface area contributed by atoms with Crippen molar-refractivity contribution in [3.05, 3.63) is 22.7 Å². The largest absolute Gasteiger partial charge is 0.493 e. The topological polar surface area (TPSA) is 47.6 Å². The van der Waals surface area contributed by atoms with Gasteiger partial charge in [-0.3, -0.25) is 4.79 Å². The second-order valence-corrected chi connectivity index (χ2v) is 6.12. The highest BCUT2D eigenvalue weighted by molar-refractivity contribution is 6.37. The molecule has 1 amide bonds. The van der Waals surface area contributed by atoms with E-state index < -0.39 is 5.38 Å². The molecule has 1 aromatic rings. The molecule has 0 radical (unpaired) electrons. The molecule has 112 valence electrons. The summed E-state index contributed by atoms with van der Waals surface area (Å²) in [6.07, 6.45) is 0. The molecule has 20 heavy (non-hydrogen) atoms. The summed E-state index contributed by atoms with van der Waals surface area (Å²) in [6.45, 7) is 5.64. The van der Waals surface area contributed by atoms with E-state index in [2.05, 4.69) is 5.32 Å². The summed E-state index contributed by atoms with van der Waals surface area (Å²) in [5.41, 5.74) is 0.112. The molecule has 0 saturated carbocycles. The van der Waals surface area contributed by atoms with Gasteiger partial charge in [-0.25, -0.2) is 0 Å². The molecule has 0 saturated heterocycles. The number of rotatable bonds is 4. The van der Waals surface area contributed by atoms with Gasteiger partial charge in [0.05, 0.1) is 19.2 Å². The van der Waals surface area contributed by atoms with Gasteiger partial charge in [-0.15, -0.1) is 11.6 Å². The summed E-state index contributed by atoms with van der Waals surface area (Å²) in [7, 11) is 2.99. The molecule has 0 aliphatic heterocycles. The van der Waals surface area contributed by atoms with Crippen LogP contribution in [0.25, 0.3) is 0 Å². The normalized spacial score (nSPS) is 12.8. The Bertz CT molecular complexity index is 498. The van der Waals surface area contributed by atoms with Crippen LogP contribution >= 0.6 is 23.2 Å². The number of hydrogen-bond acceptors (Lipinski definition) is 3. The van der Waals surface area contributed by atoms with Crippen molar-refractivity contribution in [2.75, 3.05) is 14.2 Å². The monoisotopic (exact) mass is 319 g/mol. The fraction of sp³-hybridized carbons (Fsp3) is 0.500. The van der Waals surface area contributed by atoms with E-state index in [1.807, 2.05) is 20.8 Å². The van der Waals surface area contributed by atoms with Crippen molar-refractivity contribution < 1.29 is 14.3 Å². The molecule has 0 bridgehead atoms. The van der Waals surface area contributed by atoms with E-state index >= 15 is 0 Å². The van der Waals surface area contributed by atoms with Crippen LogP contribution in [0.2, 0.25) is 5.02 Å². The van der Waals surface area contributed by atoms with Gasteiger partial charge in [0.25, 0.3) is 0 Å². The number of methoxy groups -OCH3 is 2. The van der Waals surface area contributed by atoms with Crippen LogP contribution in [0.5, 0.6) is 11.5 Å². The van der Waals surface area contributed by atoms with Crippen molar-refractivity contribution in [2.24, 2.45) is 0 Å². The number of alkyl halides is 1. The second kappa shape index (κ2) is 6.55. The van der Waals surface area contributed by atoms with Crippen molar-refractivity contribution in [1.29, 1.82) is 0 Å². The highest BCUT2D eigenvalue weighted by Crippen LogP contribution is 2.41. The highest BCUT2D eigenvalue weighted by atomic mass is 35.5. The van der Waals surface area contributed by atoms with Crippen LogP contribution in [-0.2, 0) is 4.79 Å². The van der Waals surface area contributed by atoms with Crippen LogP contribution < -0.4 is 14.8 Å². The van der Waals surface area contributed by atoms with Gasteiger partial charge in [-0.1, -0.05) is 17.7 Å². The van der Waals surface area contributed by atoms with Gasteiger partial charge in [0.1, 0.15) is 5.38 Å². The number of carbonyl (C=O) groups is 1. The Morgan fingerprint density at radius 2 is 1.85 bits per heavy atom. The number of carbonyl (C=O) groups excluding carboxylic acids is 1. The molecule has 0 aliphatic rings. The fourth-order valence-corrected chi connectivity index (χ4v) is 2.31. The first-order valence-corrected chi connectivity index (χ1v) is 6.89. The third kappa shape index (κ3) is 3.93. The SMILES string of the molecule is COc1ccc(C(Cl)C(=O)NC(C)(C)C)c(Cl)c1OC. The van der Waals surface area contributed by atoms with Crippen molar-refractivity contribution in [1.82, 2.24) is 5.32 Å². The lowest BCUT2D eigenvalue weighted by molar-refractivity contribution is -0.122. The molecule has 1 rings (SSSR count). The lowest BCUT2D eigenvalue weighted by Crippen LogP contribution is -2.42. The van der Waals surface area contributed by atoms with Crippen LogP contribution in [0.1, 0.15) is 31.7 Å². The summed E-state index contributed by atoms with van der Waals surface area (Å²) >= 11 is 12.4.